The number of sulfonamides is 1. The highest BCUT2D eigenvalue weighted by Crippen LogP contribution is 2.30. The van der Waals surface area contributed by atoms with Crippen LogP contribution in [0.25, 0.3) is 11.3 Å². The van der Waals surface area contributed by atoms with E-state index in [0.29, 0.717) is 11.3 Å². The largest absolute Gasteiger partial charge is 0.489 e. The van der Waals surface area contributed by atoms with Crippen molar-refractivity contribution in [2.24, 2.45) is 0 Å². The molecule has 7 nitrogen and oxygen atoms in total. The van der Waals surface area contributed by atoms with Crippen molar-refractivity contribution in [1.82, 2.24) is 10.2 Å². The predicted molar refractivity (Wildman–Crippen MR) is 103 cm³/mol. The number of aromatic nitrogens is 2. The molecule has 0 saturated carbocycles. The van der Waals surface area contributed by atoms with E-state index in [0.717, 1.165) is 6.26 Å². The number of benzene rings is 2. The highest BCUT2D eigenvalue weighted by atomic mass is 32.2. The third kappa shape index (κ3) is 5.38. The molecule has 1 aromatic heterocycles. The molecule has 0 aliphatic heterocycles. The molecule has 0 radical (unpaired) electrons. The summed E-state index contributed by atoms with van der Waals surface area (Å²) in [7, 11) is -2.31. The van der Waals surface area contributed by atoms with Crippen molar-refractivity contribution in [3.63, 3.8) is 0 Å². The summed E-state index contributed by atoms with van der Waals surface area (Å²) in [5.74, 6) is -0.725. The molecule has 0 unspecified atom stereocenters. The molecule has 29 heavy (non-hydrogen) atoms. The molecule has 0 atom stereocenters. The van der Waals surface area contributed by atoms with Crippen LogP contribution >= 0.6 is 0 Å². The minimum absolute atomic E-state index is 0.0190. The van der Waals surface area contributed by atoms with E-state index in [9.17, 15) is 17.2 Å². The van der Waals surface area contributed by atoms with Crippen LogP contribution in [-0.2, 0) is 16.6 Å². The van der Waals surface area contributed by atoms with Gasteiger partial charge in [0.15, 0.2) is 0 Å². The molecule has 0 bridgehead atoms. The van der Waals surface area contributed by atoms with Crippen molar-refractivity contribution in [3.05, 3.63) is 65.7 Å². The number of hydrogen-bond acceptors (Lipinski definition) is 6. The highest BCUT2D eigenvalue weighted by molar-refractivity contribution is 7.92. The molecule has 0 aliphatic rings. The molecule has 0 aliphatic carbocycles. The van der Waals surface area contributed by atoms with Gasteiger partial charge in [0.1, 0.15) is 29.7 Å². The Balaban J connectivity index is 1.90. The molecule has 152 valence electrons. The molecule has 1 N–H and O–H groups in total. The topological polar surface area (TPSA) is 90.4 Å². The van der Waals surface area contributed by atoms with Crippen LogP contribution in [0.3, 0.4) is 0 Å². The quantitative estimate of drug-likeness (QED) is 0.629. The van der Waals surface area contributed by atoms with Gasteiger partial charge >= 0.3 is 0 Å². The summed E-state index contributed by atoms with van der Waals surface area (Å²) >= 11 is 0. The highest BCUT2D eigenvalue weighted by Gasteiger charge is 2.16. The fraction of sp³-hybridized carbons (Fsp3) is 0.158. The number of nitrogens with one attached hydrogen (secondary N) is 1. The summed E-state index contributed by atoms with van der Waals surface area (Å²) in [6, 6.07) is 11.2. The van der Waals surface area contributed by atoms with Gasteiger partial charge in [-0.1, -0.05) is 12.1 Å². The first kappa shape index (κ1) is 20.5. The summed E-state index contributed by atoms with van der Waals surface area (Å²) in [5, 5.41) is 7.67. The fourth-order valence-electron chi connectivity index (χ4n) is 2.52. The van der Waals surface area contributed by atoms with Crippen molar-refractivity contribution < 1.29 is 26.7 Å². The van der Waals surface area contributed by atoms with Gasteiger partial charge in [-0.15, -0.1) is 10.2 Å². The van der Waals surface area contributed by atoms with Crippen LogP contribution in [-0.4, -0.2) is 32.0 Å². The van der Waals surface area contributed by atoms with Crippen molar-refractivity contribution in [1.29, 1.82) is 0 Å². The van der Waals surface area contributed by atoms with E-state index < -0.39 is 15.8 Å². The molecule has 3 aromatic rings. The van der Waals surface area contributed by atoms with Gasteiger partial charge in [0.25, 0.3) is 5.88 Å². The maximum atomic E-state index is 14.4. The number of hydrogen-bond donors (Lipinski definition) is 1. The van der Waals surface area contributed by atoms with E-state index in [4.69, 9.17) is 9.47 Å². The lowest BCUT2D eigenvalue weighted by Gasteiger charge is -2.12. The maximum Gasteiger partial charge on any atom is 0.257 e. The van der Waals surface area contributed by atoms with E-state index in [1.807, 2.05) is 0 Å². The van der Waals surface area contributed by atoms with Crippen LogP contribution in [0.15, 0.2) is 48.5 Å². The van der Waals surface area contributed by atoms with Crippen LogP contribution in [0.5, 0.6) is 11.6 Å². The minimum atomic E-state index is -3.62. The lowest BCUT2D eigenvalue weighted by molar-refractivity contribution is 0.305. The normalized spacial score (nSPS) is 11.2. The first-order valence-corrected chi connectivity index (χ1v) is 10.2. The summed E-state index contributed by atoms with van der Waals surface area (Å²) < 4.78 is 63.6. The fourth-order valence-corrected chi connectivity index (χ4v) is 3.07. The average molecular weight is 421 g/mol. The number of halogens is 2. The Hall–Kier alpha value is -3.27. The first-order chi connectivity index (χ1) is 13.7. The van der Waals surface area contributed by atoms with Crippen LogP contribution in [0.4, 0.5) is 14.5 Å². The van der Waals surface area contributed by atoms with Crippen molar-refractivity contribution in [2.45, 2.75) is 6.61 Å². The van der Waals surface area contributed by atoms with Crippen molar-refractivity contribution in [3.8, 4) is 22.9 Å². The van der Waals surface area contributed by atoms with Crippen molar-refractivity contribution in [2.75, 3.05) is 18.1 Å². The van der Waals surface area contributed by atoms with E-state index in [1.165, 1.54) is 43.5 Å². The third-order valence-electron chi connectivity index (χ3n) is 3.76. The van der Waals surface area contributed by atoms with Gasteiger partial charge in [0.05, 0.1) is 19.1 Å². The number of methoxy groups -OCH3 is 1. The Labute approximate surface area is 166 Å². The van der Waals surface area contributed by atoms with Gasteiger partial charge in [-0.05, 0) is 42.0 Å². The Kier molecular flexibility index (Phi) is 5.92. The monoisotopic (exact) mass is 421 g/mol. The zero-order valence-electron chi connectivity index (χ0n) is 15.5. The second-order valence-electron chi connectivity index (χ2n) is 6.09. The van der Waals surface area contributed by atoms with Gasteiger partial charge in [-0.25, -0.2) is 17.2 Å². The maximum absolute atomic E-state index is 14.4. The average Bonchev–Trinajstić information content (AvgIpc) is 2.66. The summed E-state index contributed by atoms with van der Waals surface area (Å²) in [4.78, 5) is 0. The molecule has 0 fully saturated rings. The van der Waals surface area contributed by atoms with E-state index in [-0.39, 0.29) is 35.2 Å². The van der Waals surface area contributed by atoms with Gasteiger partial charge in [0, 0.05) is 5.56 Å². The van der Waals surface area contributed by atoms with Gasteiger partial charge < -0.3 is 9.47 Å². The molecule has 0 amide bonds. The van der Waals surface area contributed by atoms with Gasteiger partial charge in [0.2, 0.25) is 10.0 Å². The number of ether oxygens (including phenoxy) is 2. The molecule has 0 saturated heterocycles. The summed E-state index contributed by atoms with van der Waals surface area (Å²) in [5.41, 5.74) is 0.754. The number of nitrogens with zero attached hydrogens (tertiary/aromatic N) is 2. The number of anilines is 1. The van der Waals surface area contributed by atoms with Crippen LogP contribution < -0.4 is 14.2 Å². The molecule has 0 spiro atoms. The standard InChI is InChI=1S/C19H17F2N3O4S/c1-27-19-18(24-29(2,25)26)10-17(22-23-19)15-9-14(6-7-16(15)21)28-11-12-4-3-5-13(20)8-12/h3-10H,11H2,1-2H3,(H,22,24). The first-order valence-electron chi connectivity index (χ1n) is 8.32. The summed E-state index contributed by atoms with van der Waals surface area (Å²) in [6.45, 7) is 0.0814. The predicted octanol–water partition coefficient (Wildman–Crippen LogP) is 3.38. The molecule has 2 aromatic carbocycles. The molecular weight excluding hydrogens is 404 g/mol. The van der Waals surface area contributed by atoms with E-state index >= 15 is 0 Å². The second kappa shape index (κ2) is 8.39. The Morgan fingerprint density at radius 2 is 1.86 bits per heavy atom. The van der Waals surface area contributed by atoms with E-state index in [1.54, 1.807) is 12.1 Å². The lowest BCUT2D eigenvalue weighted by atomic mass is 10.1. The van der Waals surface area contributed by atoms with Crippen LogP contribution in [0.1, 0.15) is 5.56 Å². The van der Waals surface area contributed by atoms with Crippen molar-refractivity contribution >= 4 is 15.7 Å². The lowest BCUT2D eigenvalue weighted by Crippen LogP contribution is -2.12. The third-order valence-corrected chi connectivity index (χ3v) is 4.35. The molecular formula is C19H17F2N3O4S. The summed E-state index contributed by atoms with van der Waals surface area (Å²) in [6.07, 6.45) is 0.966. The SMILES string of the molecule is COc1nnc(-c2cc(OCc3cccc(F)c3)ccc2F)cc1NS(C)(=O)=O. The molecule has 1 heterocycles. The zero-order valence-corrected chi connectivity index (χ0v) is 16.3. The van der Waals surface area contributed by atoms with Crippen LogP contribution in [0, 0.1) is 11.6 Å². The Morgan fingerprint density at radius 3 is 2.55 bits per heavy atom. The zero-order chi connectivity index (χ0) is 21.0. The van der Waals surface area contributed by atoms with E-state index in [2.05, 4.69) is 14.9 Å². The van der Waals surface area contributed by atoms with Gasteiger partial charge in [-0.3, -0.25) is 4.72 Å². The molecule has 10 heteroatoms. The Morgan fingerprint density at radius 1 is 1.07 bits per heavy atom. The smallest absolute Gasteiger partial charge is 0.257 e. The Bertz CT molecular complexity index is 1140. The minimum Gasteiger partial charge on any atom is -0.489 e. The van der Waals surface area contributed by atoms with Crippen LogP contribution in [0.2, 0.25) is 0 Å². The second-order valence-corrected chi connectivity index (χ2v) is 7.84. The molecule has 3 rings (SSSR count). The number of rotatable bonds is 7. The van der Waals surface area contributed by atoms with Gasteiger partial charge in [-0.2, -0.15) is 0 Å².